The van der Waals surface area contributed by atoms with E-state index >= 15 is 0 Å². The van der Waals surface area contributed by atoms with Crippen molar-refractivity contribution in [2.75, 3.05) is 17.3 Å². The molecule has 1 N–H and O–H groups in total. The number of alkyl halides is 1. The number of rotatable bonds is 5. The van der Waals surface area contributed by atoms with Crippen LogP contribution in [-0.4, -0.2) is 38.3 Å². The van der Waals surface area contributed by atoms with Gasteiger partial charge in [0.05, 0.1) is 0 Å². The van der Waals surface area contributed by atoms with Crippen LogP contribution in [0.3, 0.4) is 0 Å². The third kappa shape index (κ3) is 3.49. The zero-order valence-corrected chi connectivity index (χ0v) is 19.2. The van der Waals surface area contributed by atoms with Crippen molar-refractivity contribution in [2.45, 2.75) is 5.60 Å². The number of fused-ring (bicyclic) bond motifs is 1. The van der Waals surface area contributed by atoms with Crippen LogP contribution in [-0.2, 0) is 10.4 Å². The molecule has 3 nitrogen and oxygen atoms in total. The topological polar surface area (TPSA) is 40.5 Å². The Kier molecular flexibility index (Phi) is 5.75. The van der Waals surface area contributed by atoms with E-state index in [0.29, 0.717) is 16.5 Å². The Bertz CT molecular complexity index is 1070. The Morgan fingerprint density at radius 3 is 2.21 bits per heavy atom. The number of amides is 1. The van der Waals surface area contributed by atoms with E-state index in [0.717, 1.165) is 15.7 Å². The zero-order chi connectivity index (χ0) is 20.4. The SMILES string of the molecule is CN1C(=O)C(O)(/C(=C(\CBr)[Se]c2ccccc2)c2ccccc2)c2ccccc21. The molecule has 3 aromatic carbocycles. The molecule has 0 saturated carbocycles. The molecule has 5 heteroatoms. The minimum atomic E-state index is -1.72. The molecule has 1 unspecified atom stereocenters. The van der Waals surface area contributed by atoms with Gasteiger partial charge < -0.3 is 0 Å². The van der Waals surface area contributed by atoms with Crippen molar-refractivity contribution in [1.82, 2.24) is 0 Å². The Morgan fingerprint density at radius 2 is 1.55 bits per heavy atom. The summed E-state index contributed by atoms with van der Waals surface area (Å²) in [5.41, 5.74) is 1.20. The van der Waals surface area contributed by atoms with Gasteiger partial charge in [0.2, 0.25) is 0 Å². The molecule has 4 rings (SSSR count). The van der Waals surface area contributed by atoms with Crippen molar-refractivity contribution in [2.24, 2.45) is 0 Å². The molecule has 0 aliphatic carbocycles. The van der Waals surface area contributed by atoms with Crippen LogP contribution in [0.1, 0.15) is 11.1 Å². The molecule has 1 atom stereocenters. The van der Waals surface area contributed by atoms with E-state index in [1.54, 1.807) is 11.9 Å². The summed E-state index contributed by atoms with van der Waals surface area (Å²) in [4.78, 5) is 15.0. The second-order valence-electron chi connectivity index (χ2n) is 6.80. The number of allylic oxidation sites excluding steroid dienone is 1. The number of nitrogens with zero attached hydrogens (tertiary/aromatic N) is 1. The Balaban J connectivity index is 1.98. The predicted octanol–water partition coefficient (Wildman–Crippen LogP) is 3.69. The standard InChI is InChI=1S/C24H20BrNO2Se/c1-26-20-15-9-8-14-19(20)24(28,23(26)27)22(17-10-4-2-5-11-17)21(16-25)29-18-12-6-3-7-13-18/h2-15,28H,16H2,1H3/b22-21+. The van der Waals surface area contributed by atoms with E-state index < -0.39 is 5.60 Å². The predicted molar refractivity (Wildman–Crippen MR) is 123 cm³/mol. The zero-order valence-electron chi connectivity index (χ0n) is 15.9. The van der Waals surface area contributed by atoms with E-state index in [9.17, 15) is 9.90 Å². The molecule has 0 fully saturated rings. The van der Waals surface area contributed by atoms with E-state index in [-0.39, 0.29) is 20.9 Å². The van der Waals surface area contributed by atoms with Gasteiger partial charge in [0.1, 0.15) is 0 Å². The first-order valence-electron chi connectivity index (χ1n) is 9.25. The molecule has 29 heavy (non-hydrogen) atoms. The summed E-state index contributed by atoms with van der Waals surface area (Å²) >= 11 is 3.59. The van der Waals surface area contributed by atoms with Gasteiger partial charge in [-0.3, -0.25) is 0 Å². The average Bonchev–Trinajstić information content (AvgIpc) is 2.97. The summed E-state index contributed by atoms with van der Waals surface area (Å²) in [5, 5.41) is 12.6. The number of benzene rings is 3. The van der Waals surface area contributed by atoms with Gasteiger partial charge in [-0.25, -0.2) is 0 Å². The van der Waals surface area contributed by atoms with E-state index in [4.69, 9.17) is 0 Å². The summed E-state index contributed by atoms with van der Waals surface area (Å²) < 4.78 is 2.23. The summed E-state index contributed by atoms with van der Waals surface area (Å²) in [5.74, 6) is -0.320. The molecular weight excluding hydrogens is 493 g/mol. The minimum absolute atomic E-state index is 0.0535. The van der Waals surface area contributed by atoms with Gasteiger partial charge in [-0.1, -0.05) is 0 Å². The Morgan fingerprint density at radius 1 is 0.966 bits per heavy atom. The molecule has 146 valence electrons. The number of aliphatic hydroxyl groups is 1. The first-order valence-corrected chi connectivity index (χ1v) is 12.1. The van der Waals surface area contributed by atoms with Crippen LogP contribution < -0.4 is 9.36 Å². The Labute approximate surface area is 185 Å². The molecule has 0 bridgehead atoms. The molecule has 0 saturated heterocycles. The fourth-order valence-electron chi connectivity index (χ4n) is 3.73. The van der Waals surface area contributed by atoms with Crippen molar-refractivity contribution < 1.29 is 9.90 Å². The second-order valence-corrected chi connectivity index (χ2v) is 9.82. The summed E-state index contributed by atoms with van der Waals surface area (Å²) in [6.45, 7) is 0. The first kappa shape index (κ1) is 20.1. The van der Waals surface area contributed by atoms with Crippen LogP contribution in [0, 0.1) is 0 Å². The van der Waals surface area contributed by atoms with Gasteiger partial charge in [-0.15, -0.1) is 0 Å². The van der Waals surface area contributed by atoms with Gasteiger partial charge in [0.25, 0.3) is 0 Å². The molecule has 0 spiro atoms. The molecule has 1 heterocycles. The van der Waals surface area contributed by atoms with Crippen molar-refractivity contribution >= 4 is 52.5 Å². The van der Waals surface area contributed by atoms with E-state index in [1.807, 2.05) is 72.8 Å². The van der Waals surface area contributed by atoms with Crippen LogP contribution in [0.5, 0.6) is 0 Å². The number of carbonyl (C=O) groups excluding carboxylic acids is 1. The summed E-state index contributed by atoms with van der Waals surface area (Å²) in [7, 11) is 1.72. The third-order valence-corrected chi connectivity index (χ3v) is 8.79. The number of anilines is 1. The van der Waals surface area contributed by atoms with Crippen molar-refractivity contribution in [1.29, 1.82) is 0 Å². The molecule has 3 aromatic rings. The monoisotopic (exact) mass is 513 g/mol. The second kappa shape index (κ2) is 8.29. The fourth-order valence-corrected chi connectivity index (χ4v) is 6.71. The summed E-state index contributed by atoms with van der Waals surface area (Å²) in [6.07, 6.45) is 0. The van der Waals surface area contributed by atoms with Crippen LogP contribution in [0.4, 0.5) is 5.69 Å². The van der Waals surface area contributed by atoms with E-state index in [1.165, 1.54) is 4.46 Å². The quantitative estimate of drug-likeness (QED) is 0.418. The third-order valence-electron chi connectivity index (χ3n) is 5.08. The van der Waals surface area contributed by atoms with Crippen molar-refractivity contribution in [3.63, 3.8) is 0 Å². The number of carbonyl (C=O) groups is 1. The number of hydrogen-bond acceptors (Lipinski definition) is 2. The van der Waals surface area contributed by atoms with Crippen LogP contribution in [0.25, 0.3) is 5.57 Å². The number of likely N-dealkylation sites (N-methyl/N-ethyl adjacent to an activating group) is 1. The number of hydrogen-bond donors (Lipinski definition) is 1. The molecule has 0 radical (unpaired) electrons. The molecule has 1 aliphatic heterocycles. The van der Waals surface area contributed by atoms with Gasteiger partial charge in [-0.2, -0.15) is 0 Å². The molecule has 1 aliphatic rings. The Hall–Kier alpha value is -2.17. The van der Waals surface area contributed by atoms with Gasteiger partial charge >= 0.3 is 186 Å². The van der Waals surface area contributed by atoms with Gasteiger partial charge in [0, 0.05) is 0 Å². The van der Waals surface area contributed by atoms with Gasteiger partial charge in [-0.05, 0) is 0 Å². The number of para-hydroxylation sites is 1. The summed E-state index contributed by atoms with van der Waals surface area (Å²) in [6, 6.07) is 27.4. The normalized spacial score (nSPS) is 19.1. The molecular formula is C24H20BrNO2Se. The maximum atomic E-state index is 13.4. The maximum absolute atomic E-state index is 13.4. The van der Waals surface area contributed by atoms with Crippen LogP contribution in [0.2, 0.25) is 0 Å². The van der Waals surface area contributed by atoms with Crippen LogP contribution in [0.15, 0.2) is 89.4 Å². The number of halogens is 1. The molecule has 1 amide bonds. The molecule has 0 aromatic heterocycles. The van der Waals surface area contributed by atoms with Crippen LogP contribution >= 0.6 is 15.9 Å². The average molecular weight is 513 g/mol. The van der Waals surface area contributed by atoms with Crippen molar-refractivity contribution in [3.05, 3.63) is 101 Å². The fraction of sp³-hybridized carbons (Fsp3) is 0.125. The first-order chi connectivity index (χ1) is 14.1. The van der Waals surface area contributed by atoms with Crippen molar-refractivity contribution in [3.8, 4) is 0 Å². The van der Waals surface area contributed by atoms with Gasteiger partial charge in [0.15, 0.2) is 0 Å². The van der Waals surface area contributed by atoms with E-state index in [2.05, 4.69) is 28.1 Å².